The maximum absolute atomic E-state index is 12.3. The molecule has 0 aliphatic carbocycles. The fraction of sp³-hybridized carbons (Fsp3) is 0.312. The minimum atomic E-state index is -1.47. The number of hydrogen-bond donors (Lipinski definition) is 3. The fourth-order valence-electron chi connectivity index (χ4n) is 3.54. The molecule has 2 heterocycles. The summed E-state index contributed by atoms with van der Waals surface area (Å²) in [6.07, 6.45) is 0.383. The Hall–Kier alpha value is -1.62. The third-order valence-corrected chi connectivity index (χ3v) is 4.83. The van der Waals surface area contributed by atoms with Gasteiger partial charge in [0.1, 0.15) is 6.34 Å². The van der Waals surface area contributed by atoms with Crippen LogP contribution in [-0.4, -0.2) is 40.4 Å². The van der Waals surface area contributed by atoms with E-state index >= 15 is 0 Å². The van der Waals surface area contributed by atoms with E-state index in [1.807, 2.05) is 0 Å². The van der Waals surface area contributed by atoms with Crippen LogP contribution in [0.3, 0.4) is 0 Å². The second kappa shape index (κ2) is 8.17. The van der Waals surface area contributed by atoms with Gasteiger partial charge in [-0.15, -0.1) is 5.10 Å². The molecular weight excluding hydrogens is 385 g/mol. The number of nitrogens with two attached hydrogens (primary N) is 2. The van der Waals surface area contributed by atoms with Crippen molar-refractivity contribution < 1.29 is 49.4 Å². The van der Waals surface area contributed by atoms with Crippen LogP contribution in [-0.2, 0) is 9.59 Å². The number of amides is 1. The Morgan fingerprint density at radius 2 is 2.19 bits per heavy atom. The number of halogens is 1. The topological polar surface area (TPSA) is 148 Å². The normalized spacial score (nSPS) is 22.4. The van der Waals surface area contributed by atoms with Crippen molar-refractivity contribution in [1.82, 2.24) is 4.90 Å². The monoisotopic (exact) mass is 401 g/mol. The van der Waals surface area contributed by atoms with Crippen molar-refractivity contribution in [3.05, 3.63) is 34.5 Å². The van der Waals surface area contributed by atoms with Crippen molar-refractivity contribution in [3.63, 3.8) is 0 Å². The van der Waals surface area contributed by atoms with E-state index in [0.29, 0.717) is 21.8 Å². The molecule has 1 aromatic rings. The van der Waals surface area contributed by atoms with Gasteiger partial charge in [-0.2, -0.15) is 5.12 Å². The molecule has 1 amide bonds. The SMILES string of the molecule is CC(O)C1C(=O)N2C(C(=O)[O-])=C(c3cc(Cl)cc(N(N)/N=C\N)c3)CC12.[Na+]. The molecule has 3 unspecified atom stereocenters. The number of fused-ring (bicyclic) bond motifs is 1. The number of hydrazone groups is 1. The summed E-state index contributed by atoms with van der Waals surface area (Å²) in [6.45, 7) is 1.51. The molecule has 138 valence electrons. The van der Waals surface area contributed by atoms with Gasteiger partial charge in [0, 0.05) is 5.02 Å². The van der Waals surface area contributed by atoms with Crippen LogP contribution in [0.15, 0.2) is 29.0 Å². The number of carbonyl (C=O) groups excluding carboxylic acids is 2. The van der Waals surface area contributed by atoms with Gasteiger partial charge in [-0.3, -0.25) is 4.79 Å². The number of carboxylic acid groups (broad SMARTS) is 1. The van der Waals surface area contributed by atoms with Crippen LogP contribution < -0.4 is 51.4 Å². The first-order chi connectivity index (χ1) is 12.3. The average Bonchev–Trinajstić information content (AvgIpc) is 2.89. The molecule has 3 atom stereocenters. The van der Waals surface area contributed by atoms with Gasteiger partial charge in [0.05, 0.1) is 35.4 Å². The van der Waals surface area contributed by atoms with Crippen molar-refractivity contribution in [2.75, 3.05) is 5.12 Å². The molecule has 0 spiro atoms. The number of carboxylic acids is 1. The molecule has 3 rings (SSSR count). The maximum atomic E-state index is 12.3. The molecule has 11 heteroatoms. The molecule has 2 aliphatic rings. The van der Waals surface area contributed by atoms with E-state index in [2.05, 4.69) is 5.10 Å². The van der Waals surface area contributed by atoms with Crippen LogP contribution in [0.4, 0.5) is 5.69 Å². The smallest absolute Gasteiger partial charge is 0.543 e. The van der Waals surface area contributed by atoms with E-state index in [1.54, 1.807) is 12.1 Å². The van der Waals surface area contributed by atoms with Crippen LogP contribution in [0.25, 0.3) is 5.57 Å². The van der Waals surface area contributed by atoms with Crippen molar-refractivity contribution in [2.24, 2.45) is 22.6 Å². The van der Waals surface area contributed by atoms with E-state index in [0.717, 1.165) is 11.5 Å². The Kier molecular flexibility index (Phi) is 6.56. The fourth-order valence-corrected chi connectivity index (χ4v) is 3.77. The van der Waals surface area contributed by atoms with E-state index in [-0.39, 0.29) is 41.7 Å². The van der Waals surface area contributed by atoms with Crippen molar-refractivity contribution in [1.29, 1.82) is 0 Å². The third-order valence-electron chi connectivity index (χ3n) is 4.61. The van der Waals surface area contributed by atoms with Gasteiger partial charge < -0.3 is 25.6 Å². The summed E-state index contributed by atoms with van der Waals surface area (Å²) in [5.41, 5.74) is 6.25. The van der Waals surface area contributed by atoms with Gasteiger partial charge in [0.2, 0.25) is 5.91 Å². The van der Waals surface area contributed by atoms with Gasteiger partial charge in [0.25, 0.3) is 0 Å². The first-order valence-electron chi connectivity index (χ1n) is 7.81. The van der Waals surface area contributed by atoms with Crippen molar-refractivity contribution in [3.8, 4) is 0 Å². The molecule has 27 heavy (non-hydrogen) atoms. The number of benzene rings is 1. The number of aliphatic carboxylic acids is 1. The second-order valence-electron chi connectivity index (χ2n) is 6.17. The van der Waals surface area contributed by atoms with Crippen LogP contribution in [0.1, 0.15) is 18.9 Å². The predicted molar refractivity (Wildman–Crippen MR) is 93.1 cm³/mol. The first-order valence-corrected chi connectivity index (χ1v) is 8.19. The first kappa shape index (κ1) is 21.7. The van der Waals surface area contributed by atoms with Gasteiger partial charge in [-0.25, -0.2) is 5.84 Å². The van der Waals surface area contributed by atoms with Gasteiger partial charge in [-0.05, 0) is 42.7 Å². The Bertz CT molecular complexity index is 844. The minimum Gasteiger partial charge on any atom is -0.543 e. The zero-order chi connectivity index (χ0) is 19.2. The average molecular weight is 402 g/mol. The largest absolute Gasteiger partial charge is 1.00 e. The molecule has 1 aromatic carbocycles. The molecule has 2 aliphatic heterocycles. The second-order valence-corrected chi connectivity index (χ2v) is 6.60. The summed E-state index contributed by atoms with van der Waals surface area (Å²) < 4.78 is 0. The molecular formula is C16H17ClN5NaO4. The molecule has 0 aromatic heterocycles. The number of aliphatic hydroxyl groups is 1. The summed E-state index contributed by atoms with van der Waals surface area (Å²) in [4.78, 5) is 25.1. The molecule has 1 saturated heterocycles. The Labute approximate surface area is 182 Å². The molecule has 0 bridgehead atoms. The summed E-state index contributed by atoms with van der Waals surface area (Å²) in [5.74, 6) is 3.19. The van der Waals surface area contributed by atoms with Crippen LogP contribution in [0.5, 0.6) is 0 Å². The number of aliphatic hydroxyl groups excluding tert-OH is 1. The zero-order valence-corrected chi connectivity index (χ0v) is 17.6. The number of β-lactam (4-membered cyclic amide) rings is 1. The molecule has 0 saturated carbocycles. The molecule has 0 radical (unpaired) electrons. The summed E-state index contributed by atoms with van der Waals surface area (Å²) in [5, 5.41) is 26.5. The number of rotatable bonds is 5. The standard InChI is InChI=1S/C16H18ClN5O4.Na/c1-7(23)13-12-5-11(14(16(25)26)21(12)15(13)24)8-2-9(17)4-10(3-8)22(19)20-6-18;/h2-4,6-7,12-13,23H,5,19H2,1H3,(H2,18,20)(H,25,26);/q;+1/p-1. The summed E-state index contributed by atoms with van der Waals surface area (Å²) >= 11 is 6.12. The molecule has 1 fully saturated rings. The van der Waals surface area contributed by atoms with E-state index in [9.17, 15) is 19.8 Å². The van der Waals surface area contributed by atoms with Gasteiger partial charge in [0.15, 0.2) is 0 Å². The van der Waals surface area contributed by atoms with Gasteiger partial charge >= 0.3 is 29.6 Å². The number of hydrazine groups is 1. The number of anilines is 1. The van der Waals surface area contributed by atoms with Crippen molar-refractivity contribution in [2.45, 2.75) is 25.5 Å². The number of carbonyl (C=O) groups is 2. The Morgan fingerprint density at radius 1 is 1.52 bits per heavy atom. The van der Waals surface area contributed by atoms with Crippen LogP contribution >= 0.6 is 11.6 Å². The van der Waals surface area contributed by atoms with E-state index in [1.165, 1.54) is 17.9 Å². The summed E-state index contributed by atoms with van der Waals surface area (Å²) in [6, 6.07) is 4.26. The molecule has 5 N–H and O–H groups in total. The Balaban J connectivity index is 0.00000261. The predicted octanol–water partition coefficient (Wildman–Crippen LogP) is -4.00. The zero-order valence-electron chi connectivity index (χ0n) is 14.8. The Morgan fingerprint density at radius 3 is 2.74 bits per heavy atom. The van der Waals surface area contributed by atoms with E-state index in [4.69, 9.17) is 23.2 Å². The molecule has 9 nitrogen and oxygen atoms in total. The van der Waals surface area contributed by atoms with Crippen molar-refractivity contribution >= 4 is 41.1 Å². The van der Waals surface area contributed by atoms with Crippen LogP contribution in [0, 0.1) is 5.92 Å². The minimum absolute atomic E-state index is 0. The van der Waals surface area contributed by atoms with Crippen LogP contribution in [0.2, 0.25) is 5.02 Å². The number of hydrogen-bond acceptors (Lipinski definition) is 7. The quantitative estimate of drug-likeness (QED) is 0.114. The van der Waals surface area contributed by atoms with E-state index < -0.39 is 29.9 Å². The maximum Gasteiger partial charge on any atom is 1.00 e. The summed E-state index contributed by atoms with van der Waals surface area (Å²) in [7, 11) is 0. The van der Waals surface area contributed by atoms with Gasteiger partial charge in [-0.1, -0.05) is 11.6 Å². The third kappa shape index (κ3) is 3.71. The number of nitrogens with zero attached hydrogens (tertiary/aromatic N) is 3.